The number of benzene rings is 1. The van der Waals surface area contributed by atoms with E-state index in [1.165, 1.54) is 11.1 Å². The second-order valence-corrected chi connectivity index (χ2v) is 5.45. The van der Waals surface area contributed by atoms with Crippen molar-refractivity contribution in [3.63, 3.8) is 0 Å². The summed E-state index contributed by atoms with van der Waals surface area (Å²) in [6.07, 6.45) is 5.87. The van der Waals surface area contributed by atoms with Crippen LogP contribution >= 0.6 is 0 Å². The molecule has 114 valence electrons. The van der Waals surface area contributed by atoms with E-state index in [4.69, 9.17) is 4.74 Å². The van der Waals surface area contributed by atoms with Crippen molar-refractivity contribution in [1.29, 1.82) is 0 Å². The molecule has 0 aliphatic carbocycles. The number of allylic oxidation sites excluding steroid dienone is 3. The highest BCUT2D eigenvalue weighted by molar-refractivity contribution is 5.70. The van der Waals surface area contributed by atoms with Gasteiger partial charge in [-0.1, -0.05) is 41.0 Å². The molecule has 0 spiro atoms. The van der Waals surface area contributed by atoms with Crippen LogP contribution in [0.3, 0.4) is 0 Å². The molecule has 0 aromatic heterocycles. The monoisotopic (exact) mass is 287 g/mol. The van der Waals surface area contributed by atoms with Crippen LogP contribution in [-0.4, -0.2) is 12.6 Å². The number of aryl methyl sites for hydroxylation is 1. The fourth-order valence-corrected chi connectivity index (χ4v) is 1.75. The van der Waals surface area contributed by atoms with Gasteiger partial charge in [-0.2, -0.15) is 0 Å². The quantitative estimate of drug-likeness (QED) is 0.765. The topological polar surface area (TPSA) is 38.3 Å². The molecular formula is C18H25NO2. The number of hydrogen-bond acceptors (Lipinski definition) is 2. The number of nitrogens with one attached hydrogen (secondary N) is 1. The average Bonchev–Trinajstić information content (AvgIpc) is 2.41. The minimum Gasteiger partial charge on any atom is -0.410 e. The largest absolute Gasteiger partial charge is 0.412 e. The van der Waals surface area contributed by atoms with Gasteiger partial charge in [0.2, 0.25) is 0 Å². The lowest BCUT2D eigenvalue weighted by atomic mass is 10.1. The minimum atomic E-state index is -0.424. The average molecular weight is 287 g/mol. The first-order chi connectivity index (χ1) is 9.97. The molecular weight excluding hydrogens is 262 g/mol. The number of carbonyl (C=O) groups excluding carboxylic acids is 1. The fourth-order valence-electron chi connectivity index (χ4n) is 1.75. The molecule has 0 aliphatic rings. The Kier molecular flexibility index (Phi) is 7.30. The zero-order chi connectivity index (χ0) is 15.7. The molecule has 1 amide bonds. The van der Waals surface area contributed by atoms with Crippen LogP contribution in [0.1, 0.15) is 39.2 Å². The Morgan fingerprint density at radius 3 is 2.43 bits per heavy atom. The summed E-state index contributed by atoms with van der Waals surface area (Å²) in [7, 11) is 0. The molecule has 3 heteroatoms. The molecule has 0 saturated carbocycles. The highest BCUT2D eigenvalue weighted by Gasteiger charge is 2.02. The Morgan fingerprint density at radius 2 is 1.81 bits per heavy atom. The van der Waals surface area contributed by atoms with E-state index in [0.717, 1.165) is 18.4 Å². The maximum atomic E-state index is 11.6. The lowest BCUT2D eigenvalue weighted by Gasteiger charge is -2.05. The highest BCUT2D eigenvalue weighted by atomic mass is 16.5. The van der Waals surface area contributed by atoms with Crippen molar-refractivity contribution in [2.24, 2.45) is 0 Å². The summed E-state index contributed by atoms with van der Waals surface area (Å²) < 4.78 is 5.17. The number of ether oxygens (including phenoxy) is 1. The van der Waals surface area contributed by atoms with Crippen molar-refractivity contribution in [3.05, 3.63) is 53.1 Å². The first-order valence-electron chi connectivity index (χ1n) is 7.28. The molecule has 0 bridgehead atoms. The summed E-state index contributed by atoms with van der Waals surface area (Å²) in [5, 5.41) is 2.72. The van der Waals surface area contributed by atoms with Gasteiger partial charge in [-0.3, -0.25) is 0 Å². The van der Waals surface area contributed by atoms with Gasteiger partial charge in [-0.05, 0) is 52.7 Å². The SMILES string of the molecule is CC(C)=CCC/C(C)=C\CNC(=O)Oc1ccc(C)cc1. The van der Waals surface area contributed by atoms with E-state index in [9.17, 15) is 4.79 Å². The van der Waals surface area contributed by atoms with E-state index in [1.807, 2.05) is 25.1 Å². The van der Waals surface area contributed by atoms with Crippen LogP contribution in [-0.2, 0) is 0 Å². The summed E-state index contributed by atoms with van der Waals surface area (Å²) in [5.74, 6) is 0.558. The second kappa shape index (κ2) is 9.01. The third kappa shape index (κ3) is 7.98. The molecule has 1 rings (SSSR count). The van der Waals surface area contributed by atoms with Crippen molar-refractivity contribution in [3.8, 4) is 5.75 Å². The summed E-state index contributed by atoms with van der Waals surface area (Å²) in [6.45, 7) is 8.76. The zero-order valence-corrected chi connectivity index (χ0v) is 13.4. The van der Waals surface area contributed by atoms with Gasteiger partial charge in [0.05, 0.1) is 0 Å². The first kappa shape index (κ1) is 17.0. The van der Waals surface area contributed by atoms with E-state index >= 15 is 0 Å². The maximum Gasteiger partial charge on any atom is 0.412 e. The smallest absolute Gasteiger partial charge is 0.410 e. The maximum absolute atomic E-state index is 11.6. The normalized spacial score (nSPS) is 11.0. The third-order valence-electron chi connectivity index (χ3n) is 3.02. The molecule has 0 aliphatic heterocycles. The van der Waals surface area contributed by atoms with E-state index in [-0.39, 0.29) is 0 Å². The zero-order valence-electron chi connectivity index (χ0n) is 13.4. The molecule has 0 unspecified atom stereocenters. The van der Waals surface area contributed by atoms with Crippen molar-refractivity contribution >= 4 is 6.09 Å². The van der Waals surface area contributed by atoms with E-state index < -0.39 is 6.09 Å². The number of hydrogen-bond donors (Lipinski definition) is 1. The van der Waals surface area contributed by atoms with E-state index in [2.05, 4.69) is 32.2 Å². The van der Waals surface area contributed by atoms with Gasteiger partial charge in [0.15, 0.2) is 0 Å². The van der Waals surface area contributed by atoms with Crippen LogP contribution in [0.25, 0.3) is 0 Å². The Hall–Kier alpha value is -2.03. The highest BCUT2D eigenvalue weighted by Crippen LogP contribution is 2.11. The Bertz CT molecular complexity index is 509. The van der Waals surface area contributed by atoms with Crippen LogP contribution in [0.4, 0.5) is 4.79 Å². The molecule has 1 aromatic carbocycles. The van der Waals surface area contributed by atoms with Crippen LogP contribution < -0.4 is 10.1 Å². The minimum absolute atomic E-state index is 0.424. The van der Waals surface area contributed by atoms with Crippen LogP contribution in [0.2, 0.25) is 0 Å². The predicted molar refractivity (Wildman–Crippen MR) is 87.6 cm³/mol. The van der Waals surface area contributed by atoms with Gasteiger partial charge in [0.25, 0.3) is 0 Å². The molecule has 0 saturated heterocycles. The van der Waals surface area contributed by atoms with Crippen molar-refractivity contribution in [2.45, 2.75) is 40.5 Å². The van der Waals surface area contributed by atoms with E-state index in [0.29, 0.717) is 12.3 Å². The van der Waals surface area contributed by atoms with Crippen molar-refractivity contribution in [1.82, 2.24) is 5.32 Å². The van der Waals surface area contributed by atoms with Gasteiger partial charge < -0.3 is 10.1 Å². The summed E-state index contributed by atoms with van der Waals surface area (Å²) in [5.41, 5.74) is 3.74. The number of amides is 1. The number of rotatable bonds is 6. The molecule has 3 nitrogen and oxygen atoms in total. The van der Waals surface area contributed by atoms with Crippen LogP contribution in [0, 0.1) is 6.92 Å². The van der Waals surface area contributed by atoms with Crippen molar-refractivity contribution < 1.29 is 9.53 Å². The summed E-state index contributed by atoms with van der Waals surface area (Å²) in [4.78, 5) is 11.6. The second-order valence-electron chi connectivity index (χ2n) is 5.45. The Morgan fingerprint density at radius 1 is 1.14 bits per heavy atom. The predicted octanol–water partition coefficient (Wildman–Crippen LogP) is 4.78. The van der Waals surface area contributed by atoms with E-state index in [1.54, 1.807) is 12.1 Å². The van der Waals surface area contributed by atoms with Gasteiger partial charge in [0.1, 0.15) is 5.75 Å². The fraction of sp³-hybridized carbons (Fsp3) is 0.389. The number of carbonyl (C=O) groups is 1. The summed E-state index contributed by atoms with van der Waals surface area (Å²) >= 11 is 0. The van der Waals surface area contributed by atoms with Crippen LogP contribution in [0.5, 0.6) is 5.75 Å². The Labute approximate surface area is 127 Å². The van der Waals surface area contributed by atoms with Crippen LogP contribution in [0.15, 0.2) is 47.6 Å². The van der Waals surface area contributed by atoms with Crippen molar-refractivity contribution in [2.75, 3.05) is 6.54 Å². The lowest BCUT2D eigenvalue weighted by molar-refractivity contribution is 0.201. The molecule has 1 aromatic rings. The van der Waals surface area contributed by atoms with Gasteiger partial charge in [0, 0.05) is 6.54 Å². The van der Waals surface area contributed by atoms with Gasteiger partial charge in [-0.15, -0.1) is 0 Å². The standard InChI is InChI=1S/C18H25NO2/c1-14(2)6-5-7-15(3)12-13-19-18(20)21-17-10-8-16(4)9-11-17/h6,8-12H,5,7,13H2,1-4H3,(H,19,20)/b15-12-. The molecule has 0 heterocycles. The van der Waals surface area contributed by atoms with Gasteiger partial charge >= 0.3 is 6.09 Å². The molecule has 0 fully saturated rings. The molecule has 21 heavy (non-hydrogen) atoms. The summed E-state index contributed by atoms with van der Waals surface area (Å²) in [6, 6.07) is 7.40. The molecule has 0 radical (unpaired) electrons. The van der Waals surface area contributed by atoms with Gasteiger partial charge in [-0.25, -0.2) is 4.79 Å². The Balaban J connectivity index is 2.29. The molecule has 1 N–H and O–H groups in total. The first-order valence-corrected chi connectivity index (χ1v) is 7.28. The molecule has 0 atom stereocenters. The third-order valence-corrected chi connectivity index (χ3v) is 3.02. The lowest BCUT2D eigenvalue weighted by Crippen LogP contribution is -2.26.